The second kappa shape index (κ2) is 8.67. The fourth-order valence-electron chi connectivity index (χ4n) is 1.87. The molecule has 23 heavy (non-hydrogen) atoms. The van der Waals surface area contributed by atoms with E-state index >= 15 is 0 Å². The number of hydrogen-bond donors (Lipinski definition) is 2. The molecule has 6 nitrogen and oxygen atoms in total. The molecular weight excluding hydrogens is 316 g/mol. The summed E-state index contributed by atoms with van der Waals surface area (Å²) < 4.78 is 24.3. The molecule has 0 spiro atoms. The molecule has 2 amide bonds. The number of carbonyl (C=O) groups is 2. The Morgan fingerprint density at radius 2 is 1.78 bits per heavy atom. The molecule has 0 heterocycles. The van der Waals surface area contributed by atoms with Crippen LogP contribution in [0.4, 0.5) is 0 Å². The average molecular weight is 340 g/mol. The van der Waals surface area contributed by atoms with Crippen LogP contribution in [-0.2, 0) is 19.4 Å². The summed E-state index contributed by atoms with van der Waals surface area (Å²) >= 11 is 0. The van der Waals surface area contributed by atoms with Crippen LogP contribution in [0.3, 0.4) is 0 Å². The lowest BCUT2D eigenvalue weighted by atomic mass is 10.2. The van der Waals surface area contributed by atoms with E-state index in [0.717, 1.165) is 12.0 Å². The Hall–Kier alpha value is -1.89. The molecule has 1 aromatic rings. The van der Waals surface area contributed by atoms with Crippen LogP contribution in [0, 0.1) is 6.92 Å². The summed E-state index contributed by atoms with van der Waals surface area (Å²) in [5, 5.41) is 5.18. The first-order chi connectivity index (χ1) is 10.8. The number of aryl methyl sites for hydroxylation is 1. The molecular formula is C16H24N2O4S. The van der Waals surface area contributed by atoms with E-state index in [-0.39, 0.29) is 23.0 Å². The first-order valence-corrected chi connectivity index (χ1v) is 9.28. The highest BCUT2D eigenvalue weighted by Crippen LogP contribution is 2.13. The molecule has 0 aliphatic carbocycles. The molecule has 1 atom stereocenters. The molecule has 0 radical (unpaired) electrons. The van der Waals surface area contributed by atoms with Crippen molar-refractivity contribution in [2.75, 3.05) is 12.3 Å². The smallest absolute Gasteiger partial charge is 0.242 e. The van der Waals surface area contributed by atoms with E-state index < -0.39 is 21.8 Å². The second-order valence-corrected chi connectivity index (χ2v) is 7.57. The summed E-state index contributed by atoms with van der Waals surface area (Å²) in [5.41, 5.74) is 0.966. The molecule has 0 aliphatic heterocycles. The van der Waals surface area contributed by atoms with Crippen molar-refractivity contribution in [1.29, 1.82) is 0 Å². The van der Waals surface area contributed by atoms with E-state index in [4.69, 9.17) is 0 Å². The van der Waals surface area contributed by atoms with Gasteiger partial charge in [-0.3, -0.25) is 9.59 Å². The highest BCUT2D eigenvalue weighted by atomic mass is 32.2. The quantitative estimate of drug-likeness (QED) is 0.743. The van der Waals surface area contributed by atoms with Crippen LogP contribution in [-0.4, -0.2) is 38.6 Å². The first-order valence-electron chi connectivity index (χ1n) is 7.62. The molecule has 1 rings (SSSR count). The van der Waals surface area contributed by atoms with Crippen molar-refractivity contribution in [2.45, 2.75) is 44.6 Å². The summed E-state index contributed by atoms with van der Waals surface area (Å²) in [7, 11) is -3.50. The van der Waals surface area contributed by atoms with Gasteiger partial charge in [0.2, 0.25) is 11.8 Å². The van der Waals surface area contributed by atoms with Crippen molar-refractivity contribution in [2.24, 2.45) is 0 Å². The van der Waals surface area contributed by atoms with E-state index in [1.54, 1.807) is 19.1 Å². The van der Waals surface area contributed by atoms with E-state index in [2.05, 4.69) is 10.6 Å². The maximum absolute atomic E-state index is 12.1. The predicted molar refractivity (Wildman–Crippen MR) is 88.8 cm³/mol. The minimum absolute atomic E-state index is 0.179. The Balaban J connectivity index is 2.52. The van der Waals surface area contributed by atoms with Crippen molar-refractivity contribution in [3.05, 3.63) is 29.8 Å². The molecule has 0 saturated carbocycles. The maximum Gasteiger partial charge on any atom is 0.242 e. The second-order valence-electron chi connectivity index (χ2n) is 5.46. The van der Waals surface area contributed by atoms with E-state index in [1.165, 1.54) is 12.1 Å². The minimum Gasteiger partial charge on any atom is -0.354 e. The van der Waals surface area contributed by atoms with Crippen LogP contribution in [0.5, 0.6) is 0 Å². The third kappa shape index (κ3) is 6.40. The average Bonchev–Trinajstić information content (AvgIpc) is 2.51. The summed E-state index contributed by atoms with van der Waals surface area (Å²) in [6.45, 7) is 5.91. The Morgan fingerprint density at radius 3 is 2.35 bits per heavy atom. The van der Waals surface area contributed by atoms with Gasteiger partial charge in [-0.15, -0.1) is 0 Å². The van der Waals surface area contributed by atoms with Gasteiger partial charge in [-0.25, -0.2) is 8.42 Å². The molecule has 1 aromatic carbocycles. The fourth-order valence-corrected chi connectivity index (χ4v) is 3.11. The number of rotatable bonds is 8. The topological polar surface area (TPSA) is 92.3 Å². The van der Waals surface area contributed by atoms with Gasteiger partial charge in [0.05, 0.1) is 10.6 Å². The van der Waals surface area contributed by atoms with Crippen LogP contribution in [0.25, 0.3) is 0 Å². The zero-order valence-corrected chi connectivity index (χ0v) is 14.6. The zero-order chi connectivity index (χ0) is 17.5. The van der Waals surface area contributed by atoms with Gasteiger partial charge in [0.15, 0.2) is 9.84 Å². The zero-order valence-electron chi connectivity index (χ0n) is 13.8. The fraction of sp³-hybridized carbons (Fsp3) is 0.500. The van der Waals surface area contributed by atoms with Gasteiger partial charge in [-0.2, -0.15) is 0 Å². The SMILES string of the molecule is CCCNC(=O)[C@@H](C)NC(=O)CCS(=O)(=O)c1ccc(C)cc1. The number of benzene rings is 1. The molecule has 0 fully saturated rings. The number of carbonyl (C=O) groups excluding carboxylic acids is 2. The Labute approximate surface area is 137 Å². The number of sulfone groups is 1. The molecule has 7 heteroatoms. The van der Waals surface area contributed by atoms with Crippen LogP contribution in [0.1, 0.15) is 32.3 Å². The highest BCUT2D eigenvalue weighted by molar-refractivity contribution is 7.91. The Morgan fingerprint density at radius 1 is 1.17 bits per heavy atom. The van der Waals surface area contributed by atoms with Gasteiger partial charge in [-0.05, 0) is 32.4 Å². The Kier molecular flexibility index (Phi) is 7.22. The van der Waals surface area contributed by atoms with Gasteiger partial charge < -0.3 is 10.6 Å². The summed E-state index contributed by atoms with van der Waals surface area (Å²) in [5.74, 6) is -1.02. The van der Waals surface area contributed by atoms with Crippen LogP contribution in [0.15, 0.2) is 29.2 Å². The van der Waals surface area contributed by atoms with Crippen molar-refractivity contribution in [3.63, 3.8) is 0 Å². The third-order valence-electron chi connectivity index (χ3n) is 3.30. The molecule has 0 bridgehead atoms. The normalized spacial score (nSPS) is 12.5. The van der Waals surface area contributed by atoms with Gasteiger partial charge in [0.25, 0.3) is 0 Å². The summed E-state index contributed by atoms with van der Waals surface area (Å²) in [6.07, 6.45) is 0.628. The van der Waals surface area contributed by atoms with E-state index in [1.807, 2.05) is 13.8 Å². The molecule has 2 N–H and O–H groups in total. The van der Waals surface area contributed by atoms with Gasteiger partial charge in [0.1, 0.15) is 6.04 Å². The van der Waals surface area contributed by atoms with Gasteiger partial charge in [0, 0.05) is 13.0 Å². The minimum atomic E-state index is -3.50. The van der Waals surface area contributed by atoms with E-state index in [9.17, 15) is 18.0 Å². The predicted octanol–water partition coefficient (Wildman–Crippen LogP) is 1.19. The lowest BCUT2D eigenvalue weighted by Crippen LogP contribution is -2.45. The highest BCUT2D eigenvalue weighted by Gasteiger charge is 2.19. The maximum atomic E-state index is 12.1. The van der Waals surface area contributed by atoms with Crippen molar-refractivity contribution >= 4 is 21.7 Å². The van der Waals surface area contributed by atoms with Crippen LogP contribution >= 0.6 is 0 Å². The van der Waals surface area contributed by atoms with Crippen molar-refractivity contribution in [1.82, 2.24) is 10.6 Å². The largest absolute Gasteiger partial charge is 0.354 e. The van der Waals surface area contributed by atoms with Crippen molar-refractivity contribution < 1.29 is 18.0 Å². The molecule has 128 valence electrons. The lowest BCUT2D eigenvalue weighted by molar-refractivity contribution is -0.128. The van der Waals surface area contributed by atoms with Gasteiger partial charge in [-0.1, -0.05) is 24.6 Å². The monoisotopic (exact) mass is 340 g/mol. The van der Waals surface area contributed by atoms with Crippen LogP contribution < -0.4 is 10.6 Å². The molecule has 0 aliphatic rings. The molecule has 0 aromatic heterocycles. The molecule has 0 saturated heterocycles. The summed E-state index contributed by atoms with van der Waals surface area (Å²) in [6, 6.07) is 5.81. The third-order valence-corrected chi connectivity index (χ3v) is 5.03. The summed E-state index contributed by atoms with van der Waals surface area (Å²) in [4.78, 5) is 23.7. The Bertz CT molecular complexity index is 639. The first kappa shape index (κ1) is 19.2. The molecule has 0 unspecified atom stereocenters. The number of hydrogen-bond acceptors (Lipinski definition) is 4. The van der Waals surface area contributed by atoms with Crippen molar-refractivity contribution in [3.8, 4) is 0 Å². The standard InChI is InChI=1S/C16H24N2O4S/c1-4-10-17-16(20)13(3)18-15(19)9-11-23(21,22)14-7-5-12(2)6-8-14/h5-8,13H,4,9-11H2,1-3H3,(H,17,20)(H,18,19)/t13-/m1/s1. The van der Waals surface area contributed by atoms with E-state index in [0.29, 0.717) is 6.54 Å². The number of nitrogens with one attached hydrogen (secondary N) is 2. The van der Waals surface area contributed by atoms with Gasteiger partial charge >= 0.3 is 0 Å². The lowest BCUT2D eigenvalue weighted by Gasteiger charge is -2.13. The van der Waals surface area contributed by atoms with Crippen LogP contribution in [0.2, 0.25) is 0 Å². The number of amides is 2.